The molecular formula is C17H19BrN6. The van der Waals surface area contributed by atoms with E-state index in [-0.39, 0.29) is 0 Å². The van der Waals surface area contributed by atoms with E-state index in [9.17, 15) is 0 Å². The molecule has 0 aromatic carbocycles. The van der Waals surface area contributed by atoms with Crippen molar-refractivity contribution in [3.05, 3.63) is 41.4 Å². The first kappa shape index (κ1) is 15.4. The van der Waals surface area contributed by atoms with Crippen molar-refractivity contribution in [3.63, 3.8) is 0 Å². The van der Waals surface area contributed by atoms with Gasteiger partial charge >= 0.3 is 0 Å². The Hall–Kier alpha value is -2.15. The molecule has 0 saturated carbocycles. The van der Waals surface area contributed by atoms with E-state index in [0.29, 0.717) is 6.04 Å². The molecule has 4 heterocycles. The zero-order chi connectivity index (χ0) is 16.5. The SMILES string of the molecule is Cn1cc(N2CCCC(Nc3ccnc4cc(Br)cnc34)C2)cn1. The second kappa shape index (κ2) is 6.39. The average molecular weight is 387 g/mol. The van der Waals surface area contributed by atoms with Crippen LogP contribution in [-0.4, -0.2) is 38.9 Å². The molecule has 124 valence electrons. The van der Waals surface area contributed by atoms with Crippen molar-refractivity contribution >= 4 is 38.3 Å². The number of nitrogens with zero attached hydrogens (tertiary/aromatic N) is 5. The minimum Gasteiger partial charge on any atom is -0.379 e. The summed E-state index contributed by atoms with van der Waals surface area (Å²) in [6, 6.07) is 4.39. The smallest absolute Gasteiger partial charge is 0.112 e. The highest BCUT2D eigenvalue weighted by molar-refractivity contribution is 9.10. The van der Waals surface area contributed by atoms with Gasteiger partial charge in [-0.3, -0.25) is 14.6 Å². The molecular weight excluding hydrogens is 368 g/mol. The first-order valence-corrected chi connectivity index (χ1v) is 8.89. The van der Waals surface area contributed by atoms with Crippen LogP contribution in [0.1, 0.15) is 12.8 Å². The van der Waals surface area contributed by atoms with Crippen LogP contribution in [0.2, 0.25) is 0 Å². The van der Waals surface area contributed by atoms with Gasteiger partial charge in [-0.2, -0.15) is 5.10 Å². The van der Waals surface area contributed by atoms with Crippen LogP contribution in [0.25, 0.3) is 11.0 Å². The Morgan fingerprint density at radius 3 is 3.04 bits per heavy atom. The molecule has 0 bridgehead atoms. The summed E-state index contributed by atoms with van der Waals surface area (Å²) in [4.78, 5) is 11.3. The summed E-state index contributed by atoms with van der Waals surface area (Å²) in [5.41, 5.74) is 4.05. The number of pyridine rings is 2. The number of fused-ring (bicyclic) bond motifs is 1. The van der Waals surface area contributed by atoms with Gasteiger partial charge in [0.1, 0.15) is 5.52 Å². The molecule has 0 amide bonds. The summed E-state index contributed by atoms with van der Waals surface area (Å²) >= 11 is 3.45. The molecule has 7 heteroatoms. The van der Waals surface area contributed by atoms with Gasteiger partial charge in [0, 0.05) is 49.2 Å². The third-order valence-corrected chi connectivity index (χ3v) is 4.82. The maximum absolute atomic E-state index is 4.53. The van der Waals surface area contributed by atoms with Crippen LogP contribution in [0.3, 0.4) is 0 Å². The molecule has 1 N–H and O–H groups in total. The molecule has 6 nitrogen and oxygen atoms in total. The van der Waals surface area contributed by atoms with Gasteiger partial charge in [0.05, 0.1) is 23.1 Å². The highest BCUT2D eigenvalue weighted by Gasteiger charge is 2.21. The standard InChI is InChI=1S/C17H19BrN6/c1-23-11-14(9-21-23)24-6-2-3-13(10-24)22-15-4-5-19-16-7-12(18)8-20-17(15)16/h4-5,7-9,11,13H,2-3,6,10H2,1H3,(H,19,22). The monoisotopic (exact) mass is 386 g/mol. The zero-order valence-corrected chi connectivity index (χ0v) is 15.1. The third kappa shape index (κ3) is 3.08. The van der Waals surface area contributed by atoms with Crippen LogP contribution >= 0.6 is 15.9 Å². The van der Waals surface area contributed by atoms with Gasteiger partial charge < -0.3 is 10.2 Å². The van der Waals surface area contributed by atoms with E-state index in [1.54, 1.807) is 0 Å². The van der Waals surface area contributed by atoms with E-state index in [0.717, 1.165) is 47.1 Å². The fraction of sp³-hybridized carbons (Fsp3) is 0.353. The molecule has 4 rings (SSSR count). The van der Waals surface area contributed by atoms with Crippen molar-refractivity contribution in [2.45, 2.75) is 18.9 Å². The molecule has 1 unspecified atom stereocenters. The molecule has 0 radical (unpaired) electrons. The Balaban J connectivity index is 1.55. The Bertz CT molecular complexity index is 861. The summed E-state index contributed by atoms with van der Waals surface area (Å²) in [5.74, 6) is 0. The van der Waals surface area contributed by atoms with Crippen LogP contribution in [0.15, 0.2) is 41.4 Å². The molecule has 3 aromatic rings. The van der Waals surface area contributed by atoms with Gasteiger partial charge in [0.2, 0.25) is 0 Å². The first-order valence-electron chi connectivity index (χ1n) is 8.09. The molecule has 0 spiro atoms. The maximum Gasteiger partial charge on any atom is 0.112 e. The number of hydrogen-bond acceptors (Lipinski definition) is 5. The van der Waals surface area contributed by atoms with Crippen molar-refractivity contribution in [1.82, 2.24) is 19.7 Å². The number of anilines is 2. The van der Waals surface area contributed by atoms with Gasteiger partial charge in [-0.1, -0.05) is 0 Å². The van der Waals surface area contributed by atoms with Crippen molar-refractivity contribution in [2.75, 3.05) is 23.3 Å². The fourth-order valence-corrected chi connectivity index (χ4v) is 3.56. The molecule has 24 heavy (non-hydrogen) atoms. The van der Waals surface area contributed by atoms with Gasteiger partial charge in [0.25, 0.3) is 0 Å². The number of nitrogens with one attached hydrogen (secondary N) is 1. The van der Waals surface area contributed by atoms with Gasteiger partial charge in [-0.15, -0.1) is 0 Å². The van der Waals surface area contributed by atoms with E-state index in [1.807, 2.05) is 42.5 Å². The second-order valence-electron chi connectivity index (χ2n) is 6.18. The summed E-state index contributed by atoms with van der Waals surface area (Å²) in [5, 5.41) is 7.95. The minimum absolute atomic E-state index is 0.384. The lowest BCUT2D eigenvalue weighted by molar-refractivity contribution is 0.530. The number of hydrogen-bond donors (Lipinski definition) is 1. The van der Waals surface area contributed by atoms with Crippen LogP contribution in [-0.2, 0) is 7.05 Å². The van der Waals surface area contributed by atoms with E-state index < -0.39 is 0 Å². The van der Waals surface area contributed by atoms with E-state index >= 15 is 0 Å². The topological polar surface area (TPSA) is 58.9 Å². The largest absolute Gasteiger partial charge is 0.379 e. The van der Waals surface area contributed by atoms with Crippen LogP contribution < -0.4 is 10.2 Å². The number of piperidine rings is 1. The Morgan fingerprint density at radius 2 is 2.21 bits per heavy atom. The Morgan fingerprint density at radius 1 is 1.29 bits per heavy atom. The number of aryl methyl sites for hydroxylation is 1. The summed E-state index contributed by atoms with van der Waals surface area (Å²) in [6.45, 7) is 2.04. The van der Waals surface area contributed by atoms with E-state index in [4.69, 9.17) is 0 Å². The Kier molecular flexibility index (Phi) is 4.10. The molecule has 1 saturated heterocycles. The van der Waals surface area contributed by atoms with Gasteiger partial charge in [-0.05, 0) is 40.9 Å². The normalized spacial score (nSPS) is 18.1. The van der Waals surface area contributed by atoms with Crippen molar-refractivity contribution < 1.29 is 0 Å². The number of aromatic nitrogens is 4. The maximum atomic E-state index is 4.53. The lowest BCUT2D eigenvalue weighted by Gasteiger charge is -2.34. The molecule has 1 atom stereocenters. The quantitative estimate of drug-likeness (QED) is 0.748. The fourth-order valence-electron chi connectivity index (χ4n) is 3.24. The number of rotatable bonds is 3. The second-order valence-corrected chi connectivity index (χ2v) is 7.10. The van der Waals surface area contributed by atoms with Gasteiger partial charge in [-0.25, -0.2) is 0 Å². The minimum atomic E-state index is 0.384. The van der Waals surface area contributed by atoms with Crippen molar-refractivity contribution in [2.24, 2.45) is 7.05 Å². The van der Waals surface area contributed by atoms with E-state index in [1.165, 1.54) is 5.69 Å². The zero-order valence-electron chi connectivity index (χ0n) is 13.5. The molecule has 1 fully saturated rings. The van der Waals surface area contributed by atoms with E-state index in [2.05, 4.69) is 47.4 Å². The van der Waals surface area contributed by atoms with Crippen LogP contribution in [0.5, 0.6) is 0 Å². The van der Waals surface area contributed by atoms with Crippen molar-refractivity contribution in [3.8, 4) is 0 Å². The molecule has 1 aliphatic heterocycles. The third-order valence-electron chi connectivity index (χ3n) is 4.38. The lowest BCUT2D eigenvalue weighted by atomic mass is 10.0. The lowest BCUT2D eigenvalue weighted by Crippen LogP contribution is -2.42. The molecule has 1 aliphatic rings. The van der Waals surface area contributed by atoms with Crippen LogP contribution in [0, 0.1) is 0 Å². The highest BCUT2D eigenvalue weighted by Crippen LogP contribution is 2.25. The molecule has 0 aliphatic carbocycles. The van der Waals surface area contributed by atoms with Crippen LogP contribution in [0.4, 0.5) is 11.4 Å². The predicted molar refractivity (Wildman–Crippen MR) is 99.3 cm³/mol. The average Bonchev–Trinajstić information content (AvgIpc) is 3.02. The summed E-state index contributed by atoms with van der Waals surface area (Å²) in [7, 11) is 1.95. The first-order chi connectivity index (χ1) is 11.7. The van der Waals surface area contributed by atoms with Crippen molar-refractivity contribution in [1.29, 1.82) is 0 Å². The van der Waals surface area contributed by atoms with Gasteiger partial charge in [0.15, 0.2) is 0 Å². The predicted octanol–water partition coefficient (Wildman–Crippen LogP) is 3.21. The summed E-state index contributed by atoms with van der Waals surface area (Å²) in [6.07, 6.45) is 9.97. The number of halogens is 1. The highest BCUT2D eigenvalue weighted by atomic mass is 79.9. The Labute approximate surface area is 149 Å². The molecule has 3 aromatic heterocycles. The summed E-state index contributed by atoms with van der Waals surface area (Å²) < 4.78 is 2.80.